The molecule has 0 heterocycles. The maximum absolute atomic E-state index is 3.23. The van der Waals surface area contributed by atoms with Gasteiger partial charge in [0.25, 0.3) is 0 Å². The van der Waals surface area contributed by atoms with Gasteiger partial charge < -0.3 is 4.72 Å². The Balaban J connectivity index is 0.000000921. The van der Waals surface area contributed by atoms with Crippen LogP contribution in [0.15, 0.2) is 18.2 Å². The molecule has 2 heteroatoms. The number of anilines is 1. The second-order valence-corrected chi connectivity index (χ2v) is 4.14. The summed E-state index contributed by atoms with van der Waals surface area (Å²) in [6.45, 7) is 10.6. The van der Waals surface area contributed by atoms with Gasteiger partial charge in [0.05, 0.1) is 0 Å². The molecule has 0 aliphatic rings. The van der Waals surface area contributed by atoms with E-state index < -0.39 is 0 Å². The third-order valence-electron chi connectivity index (χ3n) is 2.11. The van der Waals surface area contributed by atoms with E-state index >= 15 is 0 Å². The minimum absolute atomic E-state index is 0.614. The van der Waals surface area contributed by atoms with Crippen molar-refractivity contribution in [3.8, 4) is 0 Å². The fraction of sp³-hybridized carbons (Fsp3) is 0.538. The highest BCUT2D eigenvalue weighted by atomic mass is 32.2. The van der Waals surface area contributed by atoms with Gasteiger partial charge in [0, 0.05) is 11.9 Å². The van der Waals surface area contributed by atoms with Gasteiger partial charge in [0.2, 0.25) is 0 Å². The Labute approximate surface area is 98.8 Å². The second-order valence-electron chi connectivity index (χ2n) is 3.53. The predicted octanol–water partition coefficient (Wildman–Crippen LogP) is 4.83. The van der Waals surface area contributed by atoms with Crippen LogP contribution in [0.4, 0.5) is 5.69 Å². The Bertz CT molecular complexity index is 282. The summed E-state index contributed by atoms with van der Waals surface area (Å²) < 4.78 is 3.23. The molecule has 0 fully saturated rings. The van der Waals surface area contributed by atoms with Crippen molar-refractivity contribution in [2.45, 2.75) is 40.5 Å². The Kier molecular flexibility index (Phi) is 7.31. The lowest BCUT2D eigenvalue weighted by Crippen LogP contribution is -1.93. The molecular weight excluding hydrogens is 202 g/mol. The van der Waals surface area contributed by atoms with Crippen LogP contribution in [-0.2, 0) is 0 Å². The molecule has 1 rings (SSSR count). The van der Waals surface area contributed by atoms with Gasteiger partial charge in [-0.3, -0.25) is 0 Å². The van der Waals surface area contributed by atoms with E-state index in [1.807, 2.05) is 20.1 Å². The van der Waals surface area contributed by atoms with Crippen LogP contribution in [-0.4, -0.2) is 6.26 Å². The Morgan fingerprint density at radius 2 is 1.80 bits per heavy atom. The molecule has 1 N–H and O–H groups in total. The molecule has 0 radical (unpaired) electrons. The molecule has 1 aromatic rings. The molecule has 0 aliphatic carbocycles. The van der Waals surface area contributed by atoms with Crippen molar-refractivity contribution in [3.63, 3.8) is 0 Å². The summed E-state index contributed by atoms with van der Waals surface area (Å²) in [6.07, 6.45) is 2.03. The van der Waals surface area contributed by atoms with Crippen LogP contribution >= 0.6 is 11.9 Å². The fourth-order valence-electron chi connectivity index (χ4n) is 1.50. The maximum atomic E-state index is 3.23. The van der Waals surface area contributed by atoms with Gasteiger partial charge in [0.15, 0.2) is 0 Å². The number of rotatable bonds is 3. The first-order valence-electron chi connectivity index (χ1n) is 5.54. The second kappa shape index (κ2) is 7.63. The lowest BCUT2D eigenvalue weighted by atomic mass is 9.98. The van der Waals surface area contributed by atoms with Crippen molar-refractivity contribution in [1.82, 2.24) is 0 Å². The smallest absolute Gasteiger partial charge is 0.0442 e. The Hall–Kier alpha value is -0.630. The van der Waals surface area contributed by atoms with Crippen LogP contribution in [0.3, 0.4) is 0 Å². The van der Waals surface area contributed by atoms with Crippen molar-refractivity contribution in [2.24, 2.45) is 0 Å². The van der Waals surface area contributed by atoms with Crippen molar-refractivity contribution in [3.05, 3.63) is 29.3 Å². The molecule has 0 bridgehead atoms. The van der Waals surface area contributed by atoms with E-state index in [4.69, 9.17) is 0 Å². The third kappa shape index (κ3) is 4.61. The standard InChI is InChI=1S/C11H17NS.C2H6/c1-8(2)11-6-5-10(12-13-4)7-9(11)3;1-2/h5-8,12H,1-4H3;1-2H3. The van der Waals surface area contributed by atoms with E-state index in [0.717, 1.165) is 0 Å². The number of hydrogen-bond acceptors (Lipinski definition) is 2. The molecule has 0 aliphatic heterocycles. The molecule has 1 aromatic carbocycles. The SMILES string of the molecule is CC.CSNc1ccc(C(C)C)c(C)c1. The molecule has 86 valence electrons. The first-order valence-corrected chi connectivity index (χ1v) is 6.77. The summed E-state index contributed by atoms with van der Waals surface area (Å²) in [5.41, 5.74) is 4.00. The van der Waals surface area contributed by atoms with Gasteiger partial charge in [-0.25, -0.2) is 0 Å². The monoisotopic (exact) mass is 225 g/mol. The van der Waals surface area contributed by atoms with Crippen molar-refractivity contribution in [2.75, 3.05) is 11.0 Å². The zero-order chi connectivity index (χ0) is 11.8. The van der Waals surface area contributed by atoms with E-state index in [-0.39, 0.29) is 0 Å². The highest BCUT2D eigenvalue weighted by Crippen LogP contribution is 2.22. The molecule has 0 saturated heterocycles. The Morgan fingerprint density at radius 3 is 2.20 bits per heavy atom. The van der Waals surface area contributed by atoms with E-state index in [2.05, 4.69) is 43.7 Å². The maximum Gasteiger partial charge on any atom is 0.0442 e. The lowest BCUT2D eigenvalue weighted by Gasteiger charge is -2.11. The van der Waals surface area contributed by atoms with Gasteiger partial charge in [-0.1, -0.05) is 45.7 Å². The summed E-state index contributed by atoms with van der Waals surface area (Å²) in [7, 11) is 0. The van der Waals surface area contributed by atoms with Gasteiger partial charge in [-0.15, -0.1) is 0 Å². The van der Waals surface area contributed by atoms with Crippen molar-refractivity contribution < 1.29 is 0 Å². The van der Waals surface area contributed by atoms with Gasteiger partial charge in [0.1, 0.15) is 0 Å². The predicted molar refractivity (Wildman–Crippen MR) is 73.8 cm³/mol. The first-order chi connectivity index (χ1) is 7.15. The zero-order valence-corrected chi connectivity index (χ0v) is 11.5. The van der Waals surface area contributed by atoms with Crippen LogP contribution in [0.2, 0.25) is 0 Å². The van der Waals surface area contributed by atoms with Crippen LogP contribution in [0.1, 0.15) is 44.7 Å². The summed E-state index contributed by atoms with van der Waals surface area (Å²) in [5.74, 6) is 0.614. The largest absolute Gasteiger partial charge is 0.330 e. The third-order valence-corrected chi connectivity index (χ3v) is 2.55. The van der Waals surface area contributed by atoms with Crippen LogP contribution in [0.25, 0.3) is 0 Å². The van der Waals surface area contributed by atoms with Crippen molar-refractivity contribution >= 4 is 17.6 Å². The Morgan fingerprint density at radius 1 is 1.20 bits per heavy atom. The van der Waals surface area contributed by atoms with Gasteiger partial charge in [-0.2, -0.15) is 0 Å². The number of aryl methyl sites for hydroxylation is 1. The topological polar surface area (TPSA) is 12.0 Å². The van der Waals surface area contributed by atoms with E-state index in [1.165, 1.54) is 16.8 Å². The van der Waals surface area contributed by atoms with Gasteiger partial charge >= 0.3 is 0 Å². The number of hydrogen-bond donors (Lipinski definition) is 1. The molecular formula is C13H23NS. The molecule has 0 atom stereocenters. The molecule has 15 heavy (non-hydrogen) atoms. The summed E-state index contributed by atoms with van der Waals surface area (Å²) in [5, 5.41) is 0. The van der Waals surface area contributed by atoms with Crippen molar-refractivity contribution in [1.29, 1.82) is 0 Å². The lowest BCUT2D eigenvalue weighted by molar-refractivity contribution is 0.857. The minimum atomic E-state index is 0.614. The molecule has 0 amide bonds. The average molecular weight is 225 g/mol. The average Bonchev–Trinajstić information content (AvgIpc) is 2.21. The van der Waals surface area contributed by atoms with E-state index in [1.54, 1.807) is 11.9 Å². The summed E-state index contributed by atoms with van der Waals surface area (Å²) in [6, 6.07) is 6.54. The van der Waals surface area contributed by atoms with Crippen LogP contribution in [0.5, 0.6) is 0 Å². The summed E-state index contributed by atoms with van der Waals surface area (Å²) in [4.78, 5) is 0. The molecule has 1 nitrogen and oxygen atoms in total. The van der Waals surface area contributed by atoms with Gasteiger partial charge in [-0.05, 0) is 36.1 Å². The fourth-order valence-corrected chi connectivity index (χ4v) is 1.87. The molecule has 0 aromatic heterocycles. The minimum Gasteiger partial charge on any atom is -0.330 e. The van der Waals surface area contributed by atoms with E-state index in [0.29, 0.717) is 5.92 Å². The number of nitrogens with one attached hydrogen (secondary N) is 1. The van der Waals surface area contributed by atoms with Crippen LogP contribution in [0, 0.1) is 6.92 Å². The molecule has 0 saturated carbocycles. The quantitative estimate of drug-likeness (QED) is 0.739. The normalized spacial score (nSPS) is 9.53. The van der Waals surface area contributed by atoms with Crippen LogP contribution < -0.4 is 4.72 Å². The molecule has 0 spiro atoms. The first kappa shape index (κ1) is 14.4. The van der Waals surface area contributed by atoms with E-state index in [9.17, 15) is 0 Å². The highest BCUT2D eigenvalue weighted by molar-refractivity contribution is 7.99. The summed E-state index contributed by atoms with van der Waals surface area (Å²) >= 11 is 1.63. The highest BCUT2D eigenvalue weighted by Gasteiger charge is 2.03. The molecule has 0 unspecified atom stereocenters. The zero-order valence-electron chi connectivity index (χ0n) is 10.7. The number of benzene rings is 1.